The number of aliphatic carboxylic acids is 1. The Bertz CT molecular complexity index is 320. The number of carbonyl (C=O) groups is 2. The molecule has 0 saturated carbocycles. The van der Waals surface area contributed by atoms with Crippen molar-refractivity contribution in [2.24, 2.45) is 11.8 Å². The number of amides is 2. The van der Waals surface area contributed by atoms with E-state index in [4.69, 9.17) is 9.84 Å². The molecule has 0 aromatic carbocycles. The topological polar surface area (TPSA) is 78.9 Å². The Morgan fingerprint density at radius 3 is 2.68 bits per heavy atom. The fourth-order valence-electron chi connectivity index (χ4n) is 2.17. The van der Waals surface area contributed by atoms with Crippen molar-refractivity contribution in [3.05, 3.63) is 0 Å². The van der Waals surface area contributed by atoms with E-state index in [1.54, 1.807) is 4.90 Å². The van der Waals surface area contributed by atoms with E-state index in [2.05, 4.69) is 5.32 Å². The smallest absolute Gasteiger partial charge is 0.317 e. The van der Waals surface area contributed by atoms with Crippen LogP contribution in [0.2, 0.25) is 0 Å². The SMILES string of the molecule is CC(C)CC(CNC(=O)N1CCOC(C)C1)C(=O)O. The molecule has 1 aliphatic rings. The predicted molar refractivity (Wildman–Crippen MR) is 71.0 cm³/mol. The largest absolute Gasteiger partial charge is 0.481 e. The third-order valence-electron chi connectivity index (χ3n) is 3.13. The van der Waals surface area contributed by atoms with Crippen molar-refractivity contribution in [3.63, 3.8) is 0 Å². The number of morpholine rings is 1. The highest BCUT2D eigenvalue weighted by molar-refractivity contribution is 5.76. The van der Waals surface area contributed by atoms with Gasteiger partial charge in [-0.3, -0.25) is 4.79 Å². The van der Waals surface area contributed by atoms with E-state index in [9.17, 15) is 9.59 Å². The van der Waals surface area contributed by atoms with Gasteiger partial charge in [-0.15, -0.1) is 0 Å². The predicted octanol–water partition coefficient (Wildman–Crippen LogP) is 1.16. The second-order valence-corrected chi connectivity index (χ2v) is 5.48. The molecule has 6 heteroatoms. The maximum Gasteiger partial charge on any atom is 0.317 e. The summed E-state index contributed by atoms with van der Waals surface area (Å²) in [6.45, 7) is 7.67. The molecule has 1 rings (SSSR count). The minimum absolute atomic E-state index is 0.0328. The van der Waals surface area contributed by atoms with Crippen LogP contribution in [0.3, 0.4) is 0 Å². The van der Waals surface area contributed by atoms with Crippen molar-refractivity contribution in [2.75, 3.05) is 26.2 Å². The van der Waals surface area contributed by atoms with E-state index in [1.165, 1.54) is 0 Å². The number of nitrogens with zero attached hydrogens (tertiary/aromatic N) is 1. The minimum atomic E-state index is -0.857. The fraction of sp³-hybridized carbons (Fsp3) is 0.846. The maximum atomic E-state index is 11.9. The number of hydrogen-bond donors (Lipinski definition) is 2. The Labute approximate surface area is 114 Å². The van der Waals surface area contributed by atoms with Crippen LogP contribution in [-0.4, -0.2) is 54.4 Å². The maximum absolute atomic E-state index is 11.9. The Morgan fingerprint density at radius 1 is 1.47 bits per heavy atom. The second-order valence-electron chi connectivity index (χ2n) is 5.48. The van der Waals surface area contributed by atoms with Crippen LogP contribution in [0.1, 0.15) is 27.2 Å². The van der Waals surface area contributed by atoms with Crippen LogP contribution >= 0.6 is 0 Å². The van der Waals surface area contributed by atoms with Crippen LogP contribution in [0.5, 0.6) is 0 Å². The van der Waals surface area contributed by atoms with Crippen LogP contribution in [0.15, 0.2) is 0 Å². The summed E-state index contributed by atoms with van der Waals surface area (Å²) in [6, 6.07) is -0.204. The summed E-state index contributed by atoms with van der Waals surface area (Å²) in [7, 11) is 0. The molecule has 0 aromatic heterocycles. The van der Waals surface area contributed by atoms with Crippen LogP contribution in [0, 0.1) is 11.8 Å². The molecule has 1 fully saturated rings. The number of carboxylic acids is 1. The van der Waals surface area contributed by atoms with Gasteiger partial charge in [0.05, 0.1) is 18.6 Å². The molecule has 0 aromatic rings. The standard InChI is InChI=1S/C13H24N2O4/c1-9(2)6-11(12(16)17)7-14-13(18)15-4-5-19-10(3)8-15/h9-11H,4-8H2,1-3H3,(H,14,18)(H,16,17). The molecule has 2 amide bonds. The van der Waals surface area contributed by atoms with Crippen LogP contribution in [0.4, 0.5) is 4.79 Å². The van der Waals surface area contributed by atoms with Crippen LogP contribution in [-0.2, 0) is 9.53 Å². The number of nitrogens with one attached hydrogen (secondary N) is 1. The molecular formula is C13H24N2O4. The minimum Gasteiger partial charge on any atom is -0.481 e. The zero-order valence-corrected chi connectivity index (χ0v) is 11.9. The number of rotatable bonds is 5. The Kier molecular flexibility index (Phi) is 6.08. The van der Waals surface area contributed by atoms with Gasteiger partial charge >= 0.3 is 12.0 Å². The molecule has 2 atom stereocenters. The van der Waals surface area contributed by atoms with Gasteiger partial charge in [-0.25, -0.2) is 4.79 Å². The zero-order chi connectivity index (χ0) is 14.4. The van der Waals surface area contributed by atoms with E-state index in [-0.39, 0.29) is 18.7 Å². The molecule has 2 N–H and O–H groups in total. The van der Waals surface area contributed by atoms with Gasteiger partial charge in [0.25, 0.3) is 0 Å². The number of ether oxygens (including phenoxy) is 1. The molecular weight excluding hydrogens is 248 g/mol. The average Bonchev–Trinajstić information content (AvgIpc) is 2.33. The van der Waals surface area contributed by atoms with E-state index in [0.29, 0.717) is 32.0 Å². The number of hydrogen-bond acceptors (Lipinski definition) is 3. The lowest BCUT2D eigenvalue weighted by atomic mass is 9.97. The summed E-state index contributed by atoms with van der Waals surface area (Å²) in [5.74, 6) is -1.09. The third-order valence-corrected chi connectivity index (χ3v) is 3.13. The Balaban J connectivity index is 2.40. The molecule has 2 unspecified atom stereocenters. The Hall–Kier alpha value is -1.30. The molecule has 6 nitrogen and oxygen atoms in total. The van der Waals surface area contributed by atoms with Gasteiger partial charge in [-0.2, -0.15) is 0 Å². The molecule has 0 spiro atoms. The van der Waals surface area contributed by atoms with Crippen molar-refractivity contribution in [1.29, 1.82) is 0 Å². The normalized spacial score (nSPS) is 21.3. The van der Waals surface area contributed by atoms with E-state index in [0.717, 1.165) is 0 Å². The van der Waals surface area contributed by atoms with Crippen molar-refractivity contribution < 1.29 is 19.4 Å². The highest BCUT2D eigenvalue weighted by atomic mass is 16.5. The van der Waals surface area contributed by atoms with Crippen LogP contribution < -0.4 is 5.32 Å². The molecule has 1 aliphatic heterocycles. The van der Waals surface area contributed by atoms with Crippen molar-refractivity contribution in [2.45, 2.75) is 33.3 Å². The van der Waals surface area contributed by atoms with Crippen LogP contribution in [0.25, 0.3) is 0 Å². The van der Waals surface area contributed by atoms with Gasteiger partial charge in [0.1, 0.15) is 0 Å². The van der Waals surface area contributed by atoms with E-state index < -0.39 is 11.9 Å². The fourth-order valence-corrected chi connectivity index (χ4v) is 2.17. The van der Waals surface area contributed by atoms with Gasteiger partial charge in [-0.1, -0.05) is 13.8 Å². The average molecular weight is 272 g/mol. The van der Waals surface area contributed by atoms with Gasteiger partial charge < -0.3 is 20.1 Å². The van der Waals surface area contributed by atoms with Gasteiger partial charge in [0.15, 0.2) is 0 Å². The first-order chi connectivity index (χ1) is 8.90. The van der Waals surface area contributed by atoms with Crippen molar-refractivity contribution in [1.82, 2.24) is 10.2 Å². The third kappa shape index (κ3) is 5.46. The number of urea groups is 1. The van der Waals surface area contributed by atoms with E-state index in [1.807, 2.05) is 20.8 Å². The first-order valence-electron chi connectivity index (χ1n) is 6.77. The lowest BCUT2D eigenvalue weighted by Gasteiger charge is -2.31. The highest BCUT2D eigenvalue weighted by Gasteiger charge is 2.24. The quantitative estimate of drug-likeness (QED) is 0.787. The molecule has 0 radical (unpaired) electrons. The number of carboxylic acid groups (broad SMARTS) is 1. The monoisotopic (exact) mass is 272 g/mol. The molecule has 110 valence electrons. The van der Waals surface area contributed by atoms with Gasteiger partial charge in [0.2, 0.25) is 0 Å². The second kappa shape index (κ2) is 7.33. The lowest BCUT2D eigenvalue weighted by molar-refractivity contribution is -0.142. The zero-order valence-electron chi connectivity index (χ0n) is 11.9. The molecule has 0 bridgehead atoms. The molecule has 0 aliphatic carbocycles. The van der Waals surface area contributed by atoms with Gasteiger partial charge in [-0.05, 0) is 19.3 Å². The first-order valence-corrected chi connectivity index (χ1v) is 6.77. The summed E-state index contributed by atoms with van der Waals surface area (Å²) in [4.78, 5) is 24.7. The van der Waals surface area contributed by atoms with Crippen molar-refractivity contribution in [3.8, 4) is 0 Å². The lowest BCUT2D eigenvalue weighted by Crippen LogP contribution is -2.50. The summed E-state index contributed by atoms with van der Waals surface area (Å²) >= 11 is 0. The van der Waals surface area contributed by atoms with Crippen molar-refractivity contribution >= 4 is 12.0 Å². The Morgan fingerprint density at radius 2 is 2.16 bits per heavy atom. The van der Waals surface area contributed by atoms with Gasteiger partial charge in [0, 0.05) is 19.6 Å². The van der Waals surface area contributed by atoms with E-state index >= 15 is 0 Å². The molecule has 1 heterocycles. The summed E-state index contributed by atoms with van der Waals surface area (Å²) in [6.07, 6.45) is 0.597. The summed E-state index contributed by atoms with van der Waals surface area (Å²) in [5.41, 5.74) is 0. The number of carbonyl (C=O) groups excluding carboxylic acids is 1. The molecule has 19 heavy (non-hydrogen) atoms. The molecule has 1 saturated heterocycles. The summed E-state index contributed by atoms with van der Waals surface area (Å²) < 4.78 is 5.36. The highest BCUT2D eigenvalue weighted by Crippen LogP contribution is 2.11. The summed E-state index contributed by atoms with van der Waals surface area (Å²) in [5, 5.41) is 11.8. The first kappa shape index (κ1) is 15.8.